The molecule has 1 aliphatic heterocycles. The lowest BCUT2D eigenvalue weighted by molar-refractivity contribution is -0.142. The average molecular weight is 185 g/mol. The Labute approximate surface area is 75.6 Å². The number of rotatable bonds is 3. The second kappa shape index (κ2) is 4.04. The number of nitrogens with zero attached hydrogens (tertiary/aromatic N) is 1. The van der Waals surface area contributed by atoms with Gasteiger partial charge < -0.3 is 14.7 Å². The molecule has 13 heavy (non-hydrogen) atoms. The summed E-state index contributed by atoms with van der Waals surface area (Å²) < 4.78 is 4.40. The number of methoxy groups -OCH3 is 1. The molecule has 1 heterocycles. The molecule has 0 aromatic carbocycles. The van der Waals surface area contributed by atoms with Crippen molar-refractivity contribution in [1.29, 1.82) is 0 Å². The van der Waals surface area contributed by atoms with Gasteiger partial charge in [-0.1, -0.05) is 0 Å². The van der Waals surface area contributed by atoms with Gasteiger partial charge in [-0.2, -0.15) is 0 Å². The summed E-state index contributed by atoms with van der Waals surface area (Å²) in [5, 5.41) is 9.21. The van der Waals surface area contributed by atoms with Crippen molar-refractivity contribution in [2.75, 3.05) is 13.7 Å². The molecule has 72 valence electrons. The third-order valence-corrected chi connectivity index (χ3v) is 1.80. The van der Waals surface area contributed by atoms with Crippen LogP contribution in [0.25, 0.3) is 0 Å². The first-order valence-electron chi connectivity index (χ1n) is 3.89. The monoisotopic (exact) mass is 185 g/mol. The predicted octanol–water partition coefficient (Wildman–Crippen LogP) is -0.734. The van der Waals surface area contributed by atoms with E-state index in [1.54, 1.807) is 0 Å². The van der Waals surface area contributed by atoms with Crippen molar-refractivity contribution in [2.24, 2.45) is 0 Å². The van der Waals surface area contributed by atoms with Crippen molar-refractivity contribution < 1.29 is 19.4 Å². The highest BCUT2D eigenvalue weighted by Gasteiger charge is 2.23. The van der Waals surface area contributed by atoms with E-state index in [-0.39, 0.29) is 18.9 Å². The first-order chi connectivity index (χ1) is 6.15. The first-order valence-corrected chi connectivity index (χ1v) is 3.89. The summed E-state index contributed by atoms with van der Waals surface area (Å²) in [6, 6.07) is 0. The van der Waals surface area contributed by atoms with Gasteiger partial charge in [0.15, 0.2) is 0 Å². The molecule has 0 fully saturated rings. The molecule has 1 amide bonds. The van der Waals surface area contributed by atoms with Gasteiger partial charge in [-0.3, -0.25) is 9.59 Å². The third-order valence-electron chi connectivity index (χ3n) is 1.80. The number of hydrogen-bond donors (Lipinski definition) is 1. The zero-order valence-electron chi connectivity index (χ0n) is 7.27. The molecular weight excluding hydrogens is 174 g/mol. The van der Waals surface area contributed by atoms with Crippen molar-refractivity contribution in [2.45, 2.75) is 12.6 Å². The molecular formula is C8H11NO4. The standard InChI is InChI=1S/C8H11NO4/c1-13-8(12)4-5-9-6(10)2-3-7(9)11/h2-3,6,10H,4-5H2,1H3. The fraction of sp³-hybridized carbons (Fsp3) is 0.500. The number of esters is 1. The Morgan fingerprint density at radius 3 is 2.92 bits per heavy atom. The minimum absolute atomic E-state index is 0.0982. The van der Waals surface area contributed by atoms with E-state index in [1.807, 2.05) is 0 Å². The van der Waals surface area contributed by atoms with Gasteiger partial charge in [0.1, 0.15) is 6.23 Å². The Hall–Kier alpha value is -1.36. The maximum Gasteiger partial charge on any atom is 0.307 e. The molecule has 1 N–H and O–H groups in total. The third kappa shape index (κ3) is 2.29. The van der Waals surface area contributed by atoms with Gasteiger partial charge in [-0.05, 0) is 6.08 Å². The Morgan fingerprint density at radius 2 is 2.46 bits per heavy atom. The van der Waals surface area contributed by atoms with Crippen LogP contribution in [-0.2, 0) is 14.3 Å². The van der Waals surface area contributed by atoms with Gasteiger partial charge in [-0.15, -0.1) is 0 Å². The van der Waals surface area contributed by atoms with E-state index in [1.165, 1.54) is 24.2 Å². The normalized spacial score (nSPS) is 20.9. The zero-order valence-corrected chi connectivity index (χ0v) is 7.27. The van der Waals surface area contributed by atoms with Gasteiger partial charge in [0.2, 0.25) is 5.91 Å². The summed E-state index contributed by atoms with van der Waals surface area (Å²) in [5.74, 6) is -0.677. The predicted molar refractivity (Wildman–Crippen MR) is 43.5 cm³/mol. The van der Waals surface area contributed by atoms with E-state index in [2.05, 4.69) is 4.74 Å². The fourth-order valence-corrected chi connectivity index (χ4v) is 1.05. The lowest BCUT2D eigenvalue weighted by atomic mass is 10.4. The molecule has 5 heteroatoms. The summed E-state index contributed by atoms with van der Waals surface area (Å²) in [6.07, 6.45) is 1.85. The van der Waals surface area contributed by atoms with Gasteiger partial charge in [-0.25, -0.2) is 0 Å². The number of amides is 1. The minimum Gasteiger partial charge on any atom is -0.469 e. The van der Waals surface area contributed by atoms with E-state index < -0.39 is 12.2 Å². The molecule has 5 nitrogen and oxygen atoms in total. The average Bonchev–Trinajstić information content (AvgIpc) is 2.43. The molecule has 0 spiro atoms. The van der Waals surface area contributed by atoms with Crippen LogP contribution in [0.5, 0.6) is 0 Å². The zero-order chi connectivity index (χ0) is 9.84. The molecule has 0 aromatic heterocycles. The number of carbonyl (C=O) groups excluding carboxylic acids is 2. The van der Waals surface area contributed by atoms with Crippen molar-refractivity contribution >= 4 is 11.9 Å². The number of hydrogen-bond acceptors (Lipinski definition) is 4. The molecule has 1 atom stereocenters. The lowest BCUT2D eigenvalue weighted by Crippen LogP contribution is -2.35. The maximum atomic E-state index is 11.0. The van der Waals surface area contributed by atoms with E-state index in [0.717, 1.165) is 0 Å². The molecule has 0 bridgehead atoms. The van der Waals surface area contributed by atoms with E-state index >= 15 is 0 Å². The van der Waals surface area contributed by atoms with Crippen molar-refractivity contribution in [3.05, 3.63) is 12.2 Å². The Bertz CT molecular complexity index is 249. The Morgan fingerprint density at radius 1 is 1.77 bits per heavy atom. The Balaban J connectivity index is 2.37. The summed E-state index contributed by atoms with van der Waals surface area (Å²) in [5.41, 5.74) is 0. The van der Waals surface area contributed by atoms with Crippen LogP contribution >= 0.6 is 0 Å². The van der Waals surface area contributed by atoms with Gasteiger partial charge >= 0.3 is 5.97 Å². The summed E-state index contributed by atoms with van der Waals surface area (Å²) in [6.45, 7) is 0.180. The van der Waals surface area contributed by atoms with Crippen LogP contribution in [0.15, 0.2) is 12.2 Å². The van der Waals surface area contributed by atoms with Crippen molar-refractivity contribution in [3.63, 3.8) is 0 Å². The largest absolute Gasteiger partial charge is 0.469 e. The second-order valence-corrected chi connectivity index (χ2v) is 2.63. The van der Waals surface area contributed by atoms with Crippen molar-refractivity contribution in [3.8, 4) is 0 Å². The molecule has 1 rings (SSSR count). The lowest BCUT2D eigenvalue weighted by Gasteiger charge is -2.19. The number of ether oxygens (including phenoxy) is 1. The molecule has 0 radical (unpaired) electrons. The van der Waals surface area contributed by atoms with Crippen molar-refractivity contribution in [1.82, 2.24) is 4.90 Å². The van der Waals surface area contributed by atoms with Crippen LogP contribution in [0.3, 0.4) is 0 Å². The molecule has 0 aromatic rings. The maximum absolute atomic E-state index is 11.0. The Kier molecular flexibility index (Phi) is 3.02. The first kappa shape index (κ1) is 9.73. The summed E-state index contributed by atoms with van der Waals surface area (Å²) in [4.78, 5) is 22.9. The number of aliphatic hydroxyl groups is 1. The fourth-order valence-electron chi connectivity index (χ4n) is 1.05. The highest BCUT2D eigenvalue weighted by atomic mass is 16.5. The second-order valence-electron chi connectivity index (χ2n) is 2.63. The van der Waals surface area contributed by atoms with Crippen LogP contribution in [0.2, 0.25) is 0 Å². The number of aliphatic hydroxyl groups excluding tert-OH is 1. The van der Waals surface area contributed by atoms with Gasteiger partial charge in [0.05, 0.1) is 13.5 Å². The van der Waals surface area contributed by atoms with Gasteiger partial charge in [0.25, 0.3) is 0 Å². The van der Waals surface area contributed by atoms with Crippen LogP contribution in [-0.4, -0.2) is 41.8 Å². The summed E-state index contributed by atoms with van der Waals surface area (Å²) >= 11 is 0. The van der Waals surface area contributed by atoms with E-state index in [4.69, 9.17) is 0 Å². The molecule has 0 aliphatic carbocycles. The molecule has 1 aliphatic rings. The topological polar surface area (TPSA) is 66.8 Å². The molecule has 1 unspecified atom stereocenters. The smallest absolute Gasteiger partial charge is 0.307 e. The number of carbonyl (C=O) groups is 2. The van der Waals surface area contributed by atoms with E-state index in [9.17, 15) is 14.7 Å². The highest BCUT2D eigenvalue weighted by molar-refractivity contribution is 5.90. The SMILES string of the molecule is COC(=O)CCN1C(=O)C=CC1O. The van der Waals surface area contributed by atoms with Crippen LogP contribution in [0, 0.1) is 0 Å². The summed E-state index contributed by atoms with van der Waals surface area (Å²) in [7, 11) is 1.28. The quantitative estimate of drug-likeness (QED) is 0.588. The molecule has 0 saturated heterocycles. The van der Waals surface area contributed by atoms with Crippen LogP contribution in [0.1, 0.15) is 6.42 Å². The van der Waals surface area contributed by atoms with Crippen LogP contribution in [0.4, 0.5) is 0 Å². The molecule has 0 saturated carbocycles. The van der Waals surface area contributed by atoms with Gasteiger partial charge in [0, 0.05) is 12.6 Å². The van der Waals surface area contributed by atoms with Crippen LogP contribution < -0.4 is 0 Å². The highest BCUT2D eigenvalue weighted by Crippen LogP contribution is 2.08. The van der Waals surface area contributed by atoms with E-state index in [0.29, 0.717) is 0 Å². The minimum atomic E-state index is -0.905.